The van der Waals surface area contributed by atoms with Crippen LogP contribution >= 0.6 is 0 Å². The molecular weight excluding hydrogens is 324 g/mol. The lowest BCUT2D eigenvalue weighted by molar-refractivity contribution is -0.118. The zero-order chi connectivity index (χ0) is 18.1. The Kier molecular flexibility index (Phi) is 4.89. The summed E-state index contributed by atoms with van der Waals surface area (Å²) in [6, 6.07) is 5.87. The molecule has 1 amide bonds. The van der Waals surface area contributed by atoms with Crippen molar-refractivity contribution in [2.24, 2.45) is 17.6 Å². The molecule has 3 aliphatic rings. The molecule has 140 valence electrons. The van der Waals surface area contributed by atoms with Gasteiger partial charge in [-0.2, -0.15) is 0 Å². The van der Waals surface area contributed by atoms with E-state index in [-0.39, 0.29) is 11.3 Å². The van der Waals surface area contributed by atoms with Gasteiger partial charge in [0.2, 0.25) is 5.91 Å². The van der Waals surface area contributed by atoms with Gasteiger partial charge in [-0.3, -0.25) is 4.79 Å². The number of ether oxygens (including phenoxy) is 1. The second-order valence-corrected chi connectivity index (χ2v) is 8.44. The molecule has 3 N–H and O–H groups in total. The second kappa shape index (κ2) is 7.16. The first kappa shape index (κ1) is 17.7. The number of fused-ring (bicyclic) bond motifs is 2. The highest BCUT2D eigenvalue weighted by Crippen LogP contribution is 2.44. The molecule has 4 heteroatoms. The van der Waals surface area contributed by atoms with Crippen molar-refractivity contribution in [3.63, 3.8) is 0 Å². The summed E-state index contributed by atoms with van der Waals surface area (Å²) in [5.74, 6) is 1.03. The summed E-state index contributed by atoms with van der Waals surface area (Å²) in [5.41, 5.74) is 9.83. The molecule has 1 atom stereocenters. The number of nitrogens with one attached hydrogen (secondary N) is 1. The predicted octanol–water partition coefficient (Wildman–Crippen LogP) is 3.85. The highest BCUT2D eigenvalue weighted by atomic mass is 16.5. The minimum atomic E-state index is -0.409. The van der Waals surface area contributed by atoms with E-state index in [0.29, 0.717) is 5.92 Å². The summed E-state index contributed by atoms with van der Waals surface area (Å²) in [5, 5.41) is 3.05. The maximum absolute atomic E-state index is 12.6. The zero-order valence-electron chi connectivity index (χ0n) is 15.7. The standard InChI is InChI=1S/C22H30N2O2/c1-15-2-4-16(5-3-15)20(23)21(25)24-18-6-7-19-17(14-18)8-9-22(19)10-12-26-13-11-22/h6-9,14-16,20H,2-5,10-13,23H2,1H3,(H,24,25). The van der Waals surface area contributed by atoms with Gasteiger partial charge in [0.15, 0.2) is 0 Å². The molecule has 1 unspecified atom stereocenters. The van der Waals surface area contributed by atoms with Crippen LogP contribution in [0.15, 0.2) is 24.3 Å². The molecule has 2 aliphatic carbocycles. The second-order valence-electron chi connectivity index (χ2n) is 8.44. The van der Waals surface area contributed by atoms with Crippen molar-refractivity contribution in [1.82, 2.24) is 0 Å². The molecule has 2 fully saturated rings. The van der Waals surface area contributed by atoms with E-state index < -0.39 is 6.04 Å². The van der Waals surface area contributed by atoms with Crippen LogP contribution < -0.4 is 11.1 Å². The third-order valence-electron chi connectivity index (χ3n) is 6.69. The van der Waals surface area contributed by atoms with E-state index in [2.05, 4.69) is 36.5 Å². The summed E-state index contributed by atoms with van der Waals surface area (Å²) in [6.07, 6.45) is 11.1. The Bertz CT molecular complexity index is 698. The smallest absolute Gasteiger partial charge is 0.241 e. The van der Waals surface area contributed by atoms with Gasteiger partial charge in [-0.05, 0) is 60.8 Å². The number of nitrogens with two attached hydrogens (primary N) is 1. The molecule has 1 aromatic rings. The zero-order valence-corrected chi connectivity index (χ0v) is 15.7. The van der Waals surface area contributed by atoms with E-state index in [1.807, 2.05) is 6.07 Å². The predicted molar refractivity (Wildman–Crippen MR) is 105 cm³/mol. The van der Waals surface area contributed by atoms with Crippen LogP contribution in [0.1, 0.15) is 56.6 Å². The van der Waals surface area contributed by atoms with Crippen molar-refractivity contribution < 1.29 is 9.53 Å². The average Bonchev–Trinajstić information content (AvgIpc) is 3.00. The van der Waals surface area contributed by atoms with Gasteiger partial charge in [0.25, 0.3) is 0 Å². The van der Waals surface area contributed by atoms with Crippen molar-refractivity contribution in [1.29, 1.82) is 0 Å². The summed E-state index contributed by atoms with van der Waals surface area (Å²) in [7, 11) is 0. The molecule has 1 spiro atoms. The normalized spacial score (nSPS) is 27.9. The Hall–Kier alpha value is -1.65. The van der Waals surface area contributed by atoms with Crippen molar-refractivity contribution in [2.75, 3.05) is 18.5 Å². The lowest BCUT2D eigenvalue weighted by atomic mass is 9.76. The highest BCUT2D eigenvalue weighted by Gasteiger charge is 2.36. The summed E-state index contributed by atoms with van der Waals surface area (Å²) < 4.78 is 5.53. The van der Waals surface area contributed by atoms with Crippen LogP contribution in [0.4, 0.5) is 5.69 Å². The lowest BCUT2D eigenvalue weighted by Gasteiger charge is -2.33. The number of allylic oxidation sites excluding steroid dienone is 1. The molecule has 1 aliphatic heterocycles. The molecule has 1 saturated carbocycles. The van der Waals surface area contributed by atoms with Gasteiger partial charge in [-0.15, -0.1) is 0 Å². The molecule has 4 rings (SSSR count). The van der Waals surface area contributed by atoms with Gasteiger partial charge in [0, 0.05) is 24.3 Å². The Balaban J connectivity index is 1.43. The molecular formula is C22H30N2O2. The van der Waals surface area contributed by atoms with Crippen molar-refractivity contribution in [3.8, 4) is 0 Å². The highest BCUT2D eigenvalue weighted by molar-refractivity contribution is 5.95. The first-order chi connectivity index (χ1) is 12.6. The van der Waals surface area contributed by atoms with E-state index in [0.717, 1.165) is 50.5 Å². The monoisotopic (exact) mass is 354 g/mol. The Morgan fingerprint density at radius 1 is 1.23 bits per heavy atom. The van der Waals surface area contributed by atoms with Gasteiger partial charge in [0.1, 0.15) is 0 Å². The SMILES string of the molecule is CC1CCC(C(N)C(=O)Nc2ccc3c(c2)C=CC32CCOCC2)CC1. The Morgan fingerprint density at radius 2 is 1.96 bits per heavy atom. The fraction of sp³-hybridized carbons (Fsp3) is 0.591. The van der Waals surface area contributed by atoms with E-state index in [1.54, 1.807) is 0 Å². The largest absolute Gasteiger partial charge is 0.381 e. The van der Waals surface area contributed by atoms with Gasteiger partial charge in [-0.25, -0.2) is 0 Å². The fourth-order valence-corrected chi connectivity index (χ4v) is 4.83. The first-order valence-corrected chi connectivity index (χ1v) is 10.1. The van der Waals surface area contributed by atoms with Gasteiger partial charge in [-0.1, -0.05) is 38.0 Å². The maximum atomic E-state index is 12.6. The number of rotatable bonds is 3. The number of benzene rings is 1. The molecule has 0 radical (unpaired) electrons. The van der Waals surface area contributed by atoms with Crippen LogP contribution in [0.5, 0.6) is 0 Å². The van der Waals surface area contributed by atoms with Crippen LogP contribution in [-0.4, -0.2) is 25.2 Å². The van der Waals surface area contributed by atoms with Crippen LogP contribution in [0.3, 0.4) is 0 Å². The first-order valence-electron chi connectivity index (χ1n) is 10.1. The summed E-state index contributed by atoms with van der Waals surface area (Å²) in [6.45, 7) is 3.92. The summed E-state index contributed by atoms with van der Waals surface area (Å²) in [4.78, 5) is 12.6. The van der Waals surface area contributed by atoms with Crippen molar-refractivity contribution >= 4 is 17.7 Å². The van der Waals surface area contributed by atoms with Crippen LogP contribution in [0.2, 0.25) is 0 Å². The number of amides is 1. The third-order valence-corrected chi connectivity index (χ3v) is 6.69. The molecule has 26 heavy (non-hydrogen) atoms. The Morgan fingerprint density at radius 3 is 2.69 bits per heavy atom. The third kappa shape index (κ3) is 3.33. The van der Waals surface area contributed by atoms with E-state index >= 15 is 0 Å². The number of hydrogen-bond donors (Lipinski definition) is 2. The minimum absolute atomic E-state index is 0.0488. The van der Waals surface area contributed by atoms with Gasteiger partial charge >= 0.3 is 0 Å². The topological polar surface area (TPSA) is 64.4 Å². The number of carbonyl (C=O) groups excluding carboxylic acids is 1. The van der Waals surface area contributed by atoms with Crippen LogP contribution in [-0.2, 0) is 14.9 Å². The molecule has 1 aromatic carbocycles. The molecule has 0 bridgehead atoms. The molecule has 1 saturated heterocycles. The van der Waals surface area contributed by atoms with E-state index in [9.17, 15) is 4.79 Å². The molecule has 1 heterocycles. The minimum Gasteiger partial charge on any atom is -0.381 e. The van der Waals surface area contributed by atoms with Gasteiger partial charge < -0.3 is 15.8 Å². The van der Waals surface area contributed by atoms with Crippen molar-refractivity contribution in [2.45, 2.75) is 56.9 Å². The van der Waals surface area contributed by atoms with Crippen molar-refractivity contribution in [3.05, 3.63) is 35.4 Å². The van der Waals surface area contributed by atoms with Crippen LogP contribution in [0, 0.1) is 11.8 Å². The van der Waals surface area contributed by atoms with E-state index in [1.165, 1.54) is 24.0 Å². The Labute approximate surface area is 156 Å². The lowest BCUT2D eigenvalue weighted by Crippen LogP contribution is -2.43. The number of carbonyl (C=O) groups is 1. The fourth-order valence-electron chi connectivity index (χ4n) is 4.83. The average molecular weight is 354 g/mol. The maximum Gasteiger partial charge on any atom is 0.241 e. The molecule has 4 nitrogen and oxygen atoms in total. The number of anilines is 1. The van der Waals surface area contributed by atoms with E-state index in [4.69, 9.17) is 10.5 Å². The quantitative estimate of drug-likeness (QED) is 0.866. The number of hydrogen-bond acceptors (Lipinski definition) is 3. The molecule has 0 aromatic heterocycles. The van der Waals surface area contributed by atoms with Gasteiger partial charge in [0.05, 0.1) is 6.04 Å². The van der Waals surface area contributed by atoms with Crippen LogP contribution in [0.25, 0.3) is 6.08 Å². The summed E-state index contributed by atoms with van der Waals surface area (Å²) >= 11 is 0.